The van der Waals surface area contributed by atoms with Gasteiger partial charge in [-0.2, -0.15) is 0 Å². The molecule has 3 nitrogen and oxygen atoms in total. The lowest BCUT2D eigenvalue weighted by atomic mass is 10.1. The monoisotopic (exact) mass is 397 g/mol. The molecule has 20 heavy (non-hydrogen) atoms. The van der Waals surface area contributed by atoms with E-state index >= 15 is 0 Å². The molecule has 0 saturated carbocycles. The lowest BCUT2D eigenvalue weighted by molar-refractivity contribution is 0.574. The normalized spacial score (nSPS) is 19.6. The van der Waals surface area contributed by atoms with Crippen molar-refractivity contribution in [1.82, 2.24) is 15.6 Å². The first kappa shape index (κ1) is 13.9. The molecule has 1 aliphatic heterocycles. The first-order valence-electron chi connectivity index (χ1n) is 6.57. The highest BCUT2D eigenvalue weighted by Crippen LogP contribution is 2.28. The number of hydrogen-bond donors (Lipinski definition) is 2. The van der Waals surface area contributed by atoms with Crippen LogP contribution in [0.2, 0.25) is 0 Å². The number of halogens is 1. The highest BCUT2D eigenvalue weighted by molar-refractivity contribution is 14.1. The summed E-state index contributed by atoms with van der Waals surface area (Å²) in [4.78, 5) is 4.59. The molecule has 2 aromatic heterocycles. The maximum absolute atomic E-state index is 4.59. The molecule has 1 aliphatic rings. The summed E-state index contributed by atoms with van der Waals surface area (Å²) in [7, 11) is 0. The molecule has 3 heterocycles. The quantitative estimate of drug-likeness (QED) is 0.771. The van der Waals surface area contributed by atoms with Gasteiger partial charge in [-0.15, -0.1) is 11.3 Å². The molecule has 104 valence electrons. The smallest absolute Gasteiger partial charge is 0.0943 e. The van der Waals surface area contributed by atoms with Crippen LogP contribution in [-0.2, 0) is 0 Å². The van der Waals surface area contributed by atoms with Gasteiger partial charge in [0.2, 0.25) is 0 Å². The van der Waals surface area contributed by atoms with E-state index < -0.39 is 0 Å². The van der Waals surface area contributed by atoms with Gasteiger partial charge in [-0.25, -0.2) is 0 Å². The molecule has 2 atom stereocenters. The zero-order valence-corrected chi connectivity index (χ0v) is 14.3. The molecule has 0 bridgehead atoms. The Hall–Kier alpha value is -1.08. The van der Waals surface area contributed by atoms with E-state index in [1.54, 1.807) is 11.3 Å². The van der Waals surface area contributed by atoms with Gasteiger partial charge in [0.15, 0.2) is 0 Å². The van der Waals surface area contributed by atoms with Crippen molar-refractivity contribution in [2.45, 2.75) is 25.9 Å². The van der Waals surface area contributed by atoms with E-state index in [1.807, 2.05) is 18.5 Å². The van der Waals surface area contributed by atoms with E-state index in [2.05, 4.69) is 69.6 Å². The van der Waals surface area contributed by atoms with Crippen LogP contribution in [0.15, 0.2) is 41.7 Å². The summed E-state index contributed by atoms with van der Waals surface area (Å²) in [6.07, 6.45) is 8.10. The van der Waals surface area contributed by atoms with Gasteiger partial charge in [0.1, 0.15) is 0 Å². The van der Waals surface area contributed by atoms with Crippen LogP contribution in [0.4, 0.5) is 0 Å². The second-order valence-corrected chi connectivity index (χ2v) is 7.01. The van der Waals surface area contributed by atoms with Gasteiger partial charge in [0, 0.05) is 23.3 Å². The highest BCUT2D eigenvalue weighted by Gasteiger charge is 2.14. The number of pyridine rings is 1. The minimum absolute atomic E-state index is 0.244. The standard InChI is InChI=1S/C15H16IN3S/c1-9(19-13-4-3-5-17-10(13)2)11-6-14-15(18-7-11)12(16)8-20-14/h3-10,17,19H,1-2H3/t9-,10?/m0/s1. The Kier molecular flexibility index (Phi) is 3.98. The van der Waals surface area contributed by atoms with Crippen molar-refractivity contribution in [2.75, 3.05) is 0 Å². The molecule has 0 aromatic carbocycles. The van der Waals surface area contributed by atoms with Gasteiger partial charge in [0.25, 0.3) is 0 Å². The van der Waals surface area contributed by atoms with Gasteiger partial charge in [0.05, 0.1) is 19.8 Å². The van der Waals surface area contributed by atoms with Crippen molar-refractivity contribution in [3.05, 3.63) is 50.8 Å². The van der Waals surface area contributed by atoms with Crippen molar-refractivity contribution in [3.8, 4) is 0 Å². The number of fused-ring (bicyclic) bond motifs is 1. The Bertz CT molecular complexity index is 689. The Morgan fingerprint density at radius 3 is 3.15 bits per heavy atom. The van der Waals surface area contributed by atoms with Crippen LogP contribution in [-0.4, -0.2) is 11.0 Å². The number of allylic oxidation sites excluding steroid dienone is 2. The maximum Gasteiger partial charge on any atom is 0.0943 e. The molecular weight excluding hydrogens is 381 g/mol. The largest absolute Gasteiger partial charge is 0.383 e. The topological polar surface area (TPSA) is 37.0 Å². The Morgan fingerprint density at radius 2 is 2.35 bits per heavy atom. The molecule has 0 saturated heterocycles. The molecule has 0 spiro atoms. The van der Waals surface area contributed by atoms with Crippen molar-refractivity contribution in [1.29, 1.82) is 0 Å². The minimum Gasteiger partial charge on any atom is -0.383 e. The summed E-state index contributed by atoms with van der Waals surface area (Å²) in [6.45, 7) is 4.32. The van der Waals surface area contributed by atoms with E-state index in [-0.39, 0.29) is 6.04 Å². The van der Waals surface area contributed by atoms with Crippen LogP contribution in [0, 0.1) is 3.57 Å². The van der Waals surface area contributed by atoms with Crippen molar-refractivity contribution in [2.24, 2.45) is 0 Å². The van der Waals surface area contributed by atoms with Crippen LogP contribution in [0.25, 0.3) is 10.2 Å². The number of dihydropyridines is 1. The third-order valence-electron chi connectivity index (χ3n) is 3.46. The maximum atomic E-state index is 4.59. The van der Waals surface area contributed by atoms with Gasteiger partial charge >= 0.3 is 0 Å². The predicted octanol–water partition coefficient (Wildman–Crippen LogP) is 3.94. The van der Waals surface area contributed by atoms with E-state index in [0.29, 0.717) is 6.04 Å². The number of hydrogen-bond acceptors (Lipinski definition) is 4. The van der Waals surface area contributed by atoms with Crippen LogP contribution < -0.4 is 10.6 Å². The zero-order chi connectivity index (χ0) is 14.1. The predicted molar refractivity (Wildman–Crippen MR) is 93.7 cm³/mol. The van der Waals surface area contributed by atoms with Crippen LogP contribution in [0.1, 0.15) is 25.5 Å². The van der Waals surface area contributed by atoms with Gasteiger partial charge in [-0.1, -0.05) is 0 Å². The minimum atomic E-state index is 0.244. The van der Waals surface area contributed by atoms with E-state index in [9.17, 15) is 0 Å². The average Bonchev–Trinajstić information content (AvgIpc) is 2.82. The number of nitrogens with zero attached hydrogens (tertiary/aromatic N) is 1. The van der Waals surface area contributed by atoms with Crippen LogP contribution in [0.3, 0.4) is 0 Å². The highest BCUT2D eigenvalue weighted by atomic mass is 127. The third-order valence-corrected chi connectivity index (χ3v) is 5.62. The number of rotatable bonds is 3. The Balaban J connectivity index is 1.83. The van der Waals surface area contributed by atoms with Crippen molar-refractivity contribution >= 4 is 44.1 Å². The fraction of sp³-hybridized carbons (Fsp3) is 0.267. The second kappa shape index (κ2) is 5.73. The number of aromatic nitrogens is 1. The molecular formula is C15H16IN3S. The summed E-state index contributed by atoms with van der Waals surface area (Å²) < 4.78 is 2.48. The molecule has 1 unspecified atom stereocenters. The first-order valence-corrected chi connectivity index (χ1v) is 8.53. The van der Waals surface area contributed by atoms with Crippen LogP contribution >= 0.6 is 33.9 Å². The summed E-state index contributed by atoms with van der Waals surface area (Å²) in [5, 5.41) is 9.02. The molecule has 0 amide bonds. The first-order chi connectivity index (χ1) is 9.65. The van der Waals surface area contributed by atoms with Crippen molar-refractivity contribution in [3.63, 3.8) is 0 Å². The molecule has 0 fully saturated rings. The lowest BCUT2D eigenvalue weighted by Gasteiger charge is -2.24. The molecule has 5 heteroatoms. The molecule has 2 N–H and O–H groups in total. The van der Waals surface area contributed by atoms with Crippen molar-refractivity contribution < 1.29 is 0 Å². The SMILES string of the molecule is CC1NC=CC=C1N[C@@H](C)c1cnc2c(I)csc2c1. The van der Waals surface area contributed by atoms with Gasteiger partial charge in [-0.05, 0) is 66.4 Å². The fourth-order valence-corrected chi connectivity index (χ4v) is 4.04. The van der Waals surface area contributed by atoms with Gasteiger partial charge in [-0.3, -0.25) is 4.98 Å². The zero-order valence-electron chi connectivity index (χ0n) is 11.4. The van der Waals surface area contributed by atoms with Crippen LogP contribution in [0.5, 0.6) is 0 Å². The van der Waals surface area contributed by atoms with E-state index in [4.69, 9.17) is 0 Å². The summed E-state index contributed by atoms with van der Waals surface area (Å²) >= 11 is 4.09. The molecule has 0 aliphatic carbocycles. The summed E-state index contributed by atoms with van der Waals surface area (Å²) in [5.74, 6) is 0. The summed E-state index contributed by atoms with van der Waals surface area (Å²) in [5.41, 5.74) is 3.54. The van der Waals surface area contributed by atoms with E-state index in [0.717, 1.165) is 5.52 Å². The fourth-order valence-electron chi connectivity index (χ4n) is 2.23. The number of nitrogens with one attached hydrogen (secondary N) is 2. The van der Waals surface area contributed by atoms with E-state index in [1.165, 1.54) is 19.5 Å². The third kappa shape index (κ3) is 2.69. The Labute approximate surface area is 136 Å². The number of thiophene rings is 1. The molecule has 2 aromatic rings. The second-order valence-electron chi connectivity index (χ2n) is 4.93. The summed E-state index contributed by atoms with van der Waals surface area (Å²) in [6, 6.07) is 2.81. The molecule has 3 rings (SSSR count). The van der Waals surface area contributed by atoms with Gasteiger partial charge < -0.3 is 10.6 Å². The lowest BCUT2D eigenvalue weighted by Crippen LogP contribution is -2.34. The Morgan fingerprint density at radius 1 is 1.50 bits per heavy atom. The average molecular weight is 397 g/mol. The molecule has 0 radical (unpaired) electrons.